The Morgan fingerprint density at radius 1 is 1.37 bits per heavy atom. The zero-order chi connectivity index (χ0) is 13.7. The van der Waals surface area contributed by atoms with E-state index in [1.807, 2.05) is 30.3 Å². The van der Waals surface area contributed by atoms with Crippen LogP contribution in [0.4, 0.5) is 0 Å². The average molecular weight is 261 g/mol. The Balaban J connectivity index is 1.94. The summed E-state index contributed by atoms with van der Waals surface area (Å²) in [4.78, 5) is 25.2. The summed E-state index contributed by atoms with van der Waals surface area (Å²) < 4.78 is 0. The van der Waals surface area contributed by atoms with E-state index in [0.29, 0.717) is 13.1 Å². The van der Waals surface area contributed by atoms with Crippen LogP contribution in [0.5, 0.6) is 0 Å². The molecule has 0 radical (unpaired) electrons. The van der Waals surface area contributed by atoms with Crippen LogP contribution in [0.3, 0.4) is 0 Å². The molecular formula is C14H19N3O2. The van der Waals surface area contributed by atoms with Gasteiger partial charge >= 0.3 is 0 Å². The molecule has 0 aliphatic carbocycles. The maximum Gasteiger partial charge on any atom is 0.239 e. The predicted octanol–water partition coefficient (Wildman–Crippen LogP) is 0.425. The first-order chi connectivity index (χ1) is 9.16. The molecule has 0 saturated carbocycles. The van der Waals surface area contributed by atoms with Gasteiger partial charge < -0.3 is 16.0 Å². The Bertz CT molecular complexity index is 447. The number of benzene rings is 1. The molecule has 2 rings (SSSR count). The molecule has 1 aliphatic heterocycles. The lowest BCUT2D eigenvalue weighted by molar-refractivity contribution is -0.135. The van der Waals surface area contributed by atoms with Gasteiger partial charge in [0.25, 0.3) is 0 Å². The minimum absolute atomic E-state index is 0.0617. The van der Waals surface area contributed by atoms with Gasteiger partial charge in [-0.25, -0.2) is 0 Å². The zero-order valence-corrected chi connectivity index (χ0v) is 10.8. The van der Waals surface area contributed by atoms with Crippen LogP contribution in [0.1, 0.15) is 24.4 Å². The van der Waals surface area contributed by atoms with Crippen molar-refractivity contribution in [2.24, 2.45) is 5.73 Å². The quantitative estimate of drug-likeness (QED) is 0.828. The molecule has 2 amide bonds. The van der Waals surface area contributed by atoms with Crippen molar-refractivity contribution in [2.75, 3.05) is 19.6 Å². The fourth-order valence-corrected chi connectivity index (χ4v) is 2.15. The van der Waals surface area contributed by atoms with E-state index in [0.717, 1.165) is 12.0 Å². The highest BCUT2D eigenvalue weighted by Gasteiger charge is 2.21. The van der Waals surface area contributed by atoms with Gasteiger partial charge in [0.2, 0.25) is 11.8 Å². The average Bonchev–Trinajstić information content (AvgIpc) is 2.64. The maximum atomic E-state index is 12.1. The number of carbonyl (C=O) groups excluding carboxylic acids is 2. The van der Waals surface area contributed by atoms with Crippen LogP contribution in [0, 0.1) is 0 Å². The molecule has 5 heteroatoms. The van der Waals surface area contributed by atoms with Gasteiger partial charge in [0.05, 0.1) is 6.54 Å². The van der Waals surface area contributed by atoms with Crippen LogP contribution in [-0.2, 0) is 9.59 Å². The molecule has 1 aromatic rings. The Kier molecular flexibility index (Phi) is 4.52. The van der Waals surface area contributed by atoms with Crippen LogP contribution >= 0.6 is 0 Å². The van der Waals surface area contributed by atoms with Gasteiger partial charge in [0, 0.05) is 25.6 Å². The fraction of sp³-hybridized carbons (Fsp3) is 0.429. The number of nitrogens with two attached hydrogens (primary N) is 1. The molecule has 0 bridgehead atoms. The van der Waals surface area contributed by atoms with E-state index in [1.165, 1.54) is 0 Å². The molecule has 1 atom stereocenters. The Labute approximate surface area is 112 Å². The van der Waals surface area contributed by atoms with Crippen molar-refractivity contribution in [2.45, 2.75) is 18.9 Å². The monoisotopic (exact) mass is 261 g/mol. The van der Waals surface area contributed by atoms with Gasteiger partial charge in [-0.2, -0.15) is 0 Å². The van der Waals surface area contributed by atoms with Crippen molar-refractivity contribution in [3.63, 3.8) is 0 Å². The van der Waals surface area contributed by atoms with Gasteiger partial charge in [-0.05, 0) is 12.0 Å². The molecular weight excluding hydrogens is 242 g/mol. The van der Waals surface area contributed by atoms with Crippen molar-refractivity contribution in [3.05, 3.63) is 35.9 Å². The highest BCUT2D eigenvalue weighted by molar-refractivity contribution is 5.85. The Morgan fingerprint density at radius 3 is 2.84 bits per heavy atom. The van der Waals surface area contributed by atoms with E-state index >= 15 is 0 Å². The van der Waals surface area contributed by atoms with E-state index in [1.54, 1.807) is 4.90 Å². The van der Waals surface area contributed by atoms with E-state index in [-0.39, 0.29) is 30.8 Å². The number of rotatable bonds is 3. The third-order valence-corrected chi connectivity index (χ3v) is 3.24. The summed E-state index contributed by atoms with van der Waals surface area (Å²) >= 11 is 0. The molecule has 102 valence electrons. The molecule has 1 fully saturated rings. The smallest absolute Gasteiger partial charge is 0.239 e. The van der Waals surface area contributed by atoms with E-state index in [9.17, 15) is 9.59 Å². The minimum atomic E-state index is -0.319. The highest BCUT2D eigenvalue weighted by atomic mass is 16.2. The van der Waals surface area contributed by atoms with Crippen LogP contribution in [0.2, 0.25) is 0 Å². The zero-order valence-electron chi connectivity index (χ0n) is 10.8. The number of hydrogen-bond acceptors (Lipinski definition) is 3. The van der Waals surface area contributed by atoms with E-state index < -0.39 is 0 Å². The Morgan fingerprint density at radius 2 is 2.11 bits per heavy atom. The topological polar surface area (TPSA) is 75.4 Å². The third kappa shape index (κ3) is 3.79. The molecule has 3 N–H and O–H groups in total. The molecule has 0 aromatic heterocycles. The van der Waals surface area contributed by atoms with Gasteiger partial charge in [-0.15, -0.1) is 0 Å². The fourth-order valence-electron chi connectivity index (χ4n) is 2.15. The van der Waals surface area contributed by atoms with E-state index in [2.05, 4.69) is 5.32 Å². The summed E-state index contributed by atoms with van der Waals surface area (Å²) in [5.41, 5.74) is 6.97. The van der Waals surface area contributed by atoms with Crippen molar-refractivity contribution >= 4 is 11.8 Å². The summed E-state index contributed by atoms with van der Waals surface area (Å²) in [6.07, 6.45) is 1.02. The lowest BCUT2D eigenvalue weighted by atomic mass is 10.0. The van der Waals surface area contributed by atoms with Crippen molar-refractivity contribution < 1.29 is 9.59 Å². The molecule has 1 heterocycles. The number of amides is 2. The van der Waals surface area contributed by atoms with Gasteiger partial charge in [-0.1, -0.05) is 30.3 Å². The molecule has 1 aromatic carbocycles. The van der Waals surface area contributed by atoms with Crippen molar-refractivity contribution in [1.82, 2.24) is 10.2 Å². The summed E-state index contributed by atoms with van der Waals surface area (Å²) in [5, 5.41) is 2.75. The number of hydrogen-bond donors (Lipinski definition) is 2. The lowest BCUT2D eigenvalue weighted by Gasteiger charge is -2.21. The normalized spacial score (nSPS) is 17.5. The molecule has 5 nitrogen and oxygen atoms in total. The number of nitrogens with zero attached hydrogens (tertiary/aromatic N) is 1. The lowest BCUT2D eigenvalue weighted by Crippen LogP contribution is -2.38. The summed E-state index contributed by atoms with van der Waals surface area (Å²) in [5.74, 6) is -0.160. The summed E-state index contributed by atoms with van der Waals surface area (Å²) in [7, 11) is 0. The van der Waals surface area contributed by atoms with Crippen LogP contribution in [0.25, 0.3) is 0 Å². The SMILES string of the molecule is NC(CC(=O)N1CCCNC(=O)C1)c1ccccc1. The van der Waals surface area contributed by atoms with Crippen LogP contribution in [-0.4, -0.2) is 36.3 Å². The van der Waals surface area contributed by atoms with Gasteiger partial charge in [0.15, 0.2) is 0 Å². The van der Waals surface area contributed by atoms with Gasteiger partial charge in [-0.3, -0.25) is 9.59 Å². The largest absolute Gasteiger partial charge is 0.354 e. The molecule has 1 saturated heterocycles. The Hall–Kier alpha value is -1.88. The first-order valence-electron chi connectivity index (χ1n) is 6.52. The third-order valence-electron chi connectivity index (χ3n) is 3.24. The maximum absolute atomic E-state index is 12.1. The minimum Gasteiger partial charge on any atom is -0.354 e. The number of carbonyl (C=O) groups is 2. The van der Waals surface area contributed by atoms with E-state index in [4.69, 9.17) is 5.73 Å². The molecule has 1 unspecified atom stereocenters. The standard InChI is InChI=1S/C14H19N3O2/c15-12(11-5-2-1-3-6-11)9-14(19)17-8-4-7-16-13(18)10-17/h1-3,5-6,12H,4,7-10,15H2,(H,16,18). The van der Waals surface area contributed by atoms with Crippen LogP contribution in [0.15, 0.2) is 30.3 Å². The predicted molar refractivity (Wildman–Crippen MR) is 72.2 cm³/mol. The van der Waals surface area contributed by atoms with Crippen LogP contribution < -0.4 is 11.1 Å². The second-order valence-electron chi connectivity index (χ2n) is 4.74. The van der Waals surface area contributed by atoms with Crippen molar-refractivity contribution in [1.29, 1.82) is 0 Å². The summed E-state index contributed by atoms with van der Waals surface area (Å²) in [6.45, 7) is 1.38. The second-order valence-corrected chi connectivity index (χ2v) is 4.74. The molecule has 19 heavy (non-hydrogen) atoms. The van der Waals surface area contributed by atoms with Gasteiger partial charge in [0.1, 0.15) is 0 Å². The highest BCUT2D eigenvalue weighted by Crippen LogP contribution is 2.15. The molecule has 0 spiro atoms. The first-order valence-corrected chi connectivity index (χ1v) is 6.52. The molecule has 1 aliphatic rings. The number of nitrogens with one attached hydrogen (secondary N) is 1. The second kappa shape index (κ2) is 6.33. The first kappa shape index (κ1) is 13.5. The van der Waals surface area contributed by atoms with Crippen molar-refractivity contribution in [3.8, 4) is 0 Å². The summed E-state index contributed by atoms with van der Waals surface area (Å²) in [6, 6.07) is 9.22.